The summed E-state index contributed by atoms with van der Waals surface area (Å²) in [6, 6.07) is 8.73. The fraction of sp³-hybridized carbons (Fsp3) is 0.500. The number of nitrogens with zero attached hydrogens (tertiary/aromatic N) is 2. The molecule has 0 aliphatic heterocycles. The lowest BCUT2D eigenvalue weighted by Crippen LogP contribution is -2.31. The number of aromatic nitrogens is 1. The third kappa shape index (κ3) is 3.28. The lowest BCUT2D eigenvalue weighted by Gasteiger charge is -2.24. The summed E-state index contributed by atoms with van der Waals surface area (Å²) in [4.78, 5) is 7.01. The first-order chi connectivity index (χ1) is 8.70. The van der Waals surface area contributed by atoms with Gasteiger partial charge in [0.25, 0.3) is 0 Å². The molecule has 1 aromatic heterocycles. The van der Waals surface area contributed by atoms with Crippen molar-refractivity contribution in [3.8, 4) is 0 Å². The summed E-state index contributed by atoms with van der Waals surface area (Å²) in [5, 5.41) is 10.1. The molecule has 1 N–H and O–H groups in total. The highest BCUT2D eigenvalue weighted by molar-refractivity contribution is 7.18. The first-order valence-corrected chi connectivity index (χ1v) is 7.21. The molecule has 18 heavy (non-hydrogen) atoms. The molecule has 0 fully saturated rings. The van der Waals surface area contributed by atoms with Crippen molar-refractivity contribution in [1.82, 2.24) is 9.88 Å². The number of aliphatic hydroxyl groups is 1. The van der Waals surface area contributed by atoms with Crippen LogP contribution in [0.3, 0.4) is 0 Å². The van der Waals surface area contributed by atoms with E-state index in [1.165, 1.54) is 4.70 Å². The van der Waals surface area contributed by atoms with Crippen LogP contribution >= 0.6 is 11.3 Å². The molecule has 0 atom stereocenters. The van der Waals surface area contributed by atoms with Gasteiger partial charge in [-0.05, 0) is 32.4 Å². The number of rotatable bonds is 6. The summed E-state index contributed by atoms with van der Waals surface area (Å²) in [5.41, 5.74) is 1.09. The van der Waals surface area contributed by atoms with E-state index in [9.17, 15) is 0 Å². The summed E-state index contributed by atoms with van der Waals surface area (Å²) in [6.45, 7) is 6.42. The fourth-order valence-electron chi connectivity index (χ4n) is 1.95. The van der Waals surface area contributed by atoms with Gasteiger partial charge in [-0.15, -0.1) is 11.3 Å². The Balaban J connectivity index is 2.10. The highest BCUT2D eigenvalue weighted by atomic mass is 32.1. The number of benzene rings is 1. The van der Waals surface area contributed by atoms with E-state index in [1.807, 2.05) is 6.07 Å². The zero-order chi connectivity index (χ0) is 13.0. The standard InChI is InChI=1S/C14H20N2OS/c1-11(2)16(8-5-9-17)10-14-15-12-6-3-4-7-13(12)18-14/h3-4,6-7,11,17H,5,8-10H2,1-2H3. The zero-order valence-corrected chi connectivity index (χ0v) is 11.8. The molecule has 1 heterocycles. The molecule has 0 spiro atoms. The second kappa shape index (κ2) is 6.27. The predicted octanol–water partition coefficient (Wildman–Crippen LogP) is 2.89. The molecule has 2 aromatic rings. The van der Waals surface area contributed by atoms with Crippen LogP contribution in [0.5, 0.6) is 0 Å². The van der Waals surface area contributed by atoms with Crippen LogP contribution in [0.15, 0.2) is 24.3 Å². The summed E-state index contributed by atoms with van der Waals surface area (Å²) in [7, 11) is 0. The SMILES string of the molecule is CC(C)N(CCCO)Cc1nc2ccccc2s1. The lowest BCUT2D eigenvalue weighted by atomic mass is 10.3. The molecule has 0 aliphatic carbocycles. The Bertz CT molecular complexity index is 462. The number of thiazole rings is 1. The van der Waals surface area contributed by atoms with E-state index in [4.69, 9.17) is 5.11 Å². The molecule has 1 aromatic carbocycles. The number of para-hydroxylation sites is 1. The smallest absolute Gasteiger partial charge is 0.108 e. The van der Waals surface area contributed by atoms with Gasteiger partial charge in [0.05, 0.1) is 16.8 Å². The second-order valence-corrected chi connectivity index (χ2v) is 5.83. The number of hydrogen-bond acceptors (Lipinski definition) is 4. The van der Waals surface area contributed by atoms with Crippen molar-refractivity contribution < 1.29 is 5.11 Å². The van der Waals surface area contributed by atoms with Gasteiger partial charge in [0.15, 0.2) is 0 Å². The maximum absolute atomic E-state index is 8.94. The number of hydrogen-bond donors (Lipinski definition) is 1. The molecule has 3 nitrogen and oxygen atoms in total. The van der Waals surface area contributed by atoms with Crippen LogP contribution in [-0.2, 0) is 6.54 Å². The molecule has 2 rings (SSSR count). The summed E-state index contributed by atoms with van der Waals surface area (Å²) >= 11 is 1.76. The summed E-state index contributed by atoms with van der Waals surface area (Å²) < 4.78 is 1.25. The van der Waals surface area contributed by atoms with E-state index < -0.39 is 0 Å². The molecule has 0 saturated heterocycles. The minimum absolute atomic E-state index is 0.253. The van der Waals surface area contributed by atoms with Crippen LogP contribution in [0, 0.1) is 0 Å². The maximum atomic E-state index is 8.94. The molecule has 0 saturated carbocycles. The highest BCUT2D eigenvalue weighted by Gasteiger charge is 2.12. The van der Waals surface area contributed by atoms with E-state index in [2.05, 4.69) is 41.9 Å². The van der Waals surface area contributed by atoms with Gasteiger partial charge >= 0.3 is 0 Å². The number of fused-ring (bicyclic) bond motifs is 1. The van der Waals surface area contributed by atoms with Gasteiger partial charge in [0.2, 0.25) is 0 Å². The van der Waals surface area contributed by atoms with Crippen LogP contribution in [0.2, 0.25) is 0 Å². The van der Waals surface area contributed by atoms with Crippen LogP contribution in [0.25, 0.3) is 10.2 Å². The Hall–Kier alpha value is -0.970. The topological polar surface area (TPSA) is 36.4 Å². The van der Waals surface area contributed by atoms with Gasteiger partial charge in [0, 0.05) is 19.2 Å². The van der Waals surface area contributed by atoms with Crippen molar-refractivity contribution >= 4 is 21.6 Å². The third-order valence-corrected chi connectivity index (χ3v) is 4.03. The number of aliphatic hydroxyl groups excluding tert-OH is 1. The normalized spacial score (nSPS) is 11.8. The minimum Gasteiger partial charge on any atom is -0.396 e. The molecular weight excluding hydrogens is 244 g/mol. The van der Waals surface area contributed by atoms with Crippen LogP contribution in [0.1, 0.15) is 25.3 Å². The van der Waals surface area contributed by atoms with Crippen molar-refractivity contribution in [2.24, 2.45) is 0 Å². The maximum Gasteiger partial charge on any atom is 0.108 e. The van der Waals surface area contributed by atoms with Gasteiger partial charge in [-0.2, -0.15) is 0 Å². The average Bonchev–Trinajstić information content (AvgIpc) is 2.76. The molecule has 0 aliphatic rings. The second-order valence-electron chi connectivity index (χ2n) is 4.72. The monoisotopic (exact) mass is 264 g/mol. The van der Waals surface area contributed by atoms with Crippen molar-refractivity contribution in [2.45, 2.75) is 32.9 Å². The molecule has 0 radical (unpaired) electrons. The van der Waals surface area contributed by atoms with Crippen LogP contribution < -0.4 is 0 Å². The van der Waals surface area contributed by atoms with Crippen molar-refractivity contribution in [1.29, 1.82) is 0 Å². The average molecular weight is 264 g/mol. The Labute approximate surface area is 112 Å². The zero-order valence-electron chi connectivity index (χ0n) is 11.0. The lowest BCUT2D eigenvalue weighted by molar-refractivity contribution is 0.185. The van der Waals surface area contributed by atoms with E-state index >= 15 is 0 Å². The largest absolute Gasteiger partial charge is 0.396 e. The third-order valence-electron chi connectivity index (χ3n) is 3.01. The Morgan fingerprint density at radius 3 is 2.78 bits per heavy atom. The van der Waals surface area contributed by atoms with E-state index in [-0.39, 0.29) is 6.61 Å². The molecule has 0 unspecified atom stereocenters. The van der Waals surface area contributed by atoms with Gasteiger partial charge in [-0.25, -0.2) is 4.98 Å². The van der Waals surface area contributed by atoms with Gasteiger partial charge < -0.3 is 5.11 Å². The van der Waals surface area contributed by atoms with Gasteiger partial charge in [-0.3, -0.25) is 4.90 Å². The van der Waals surface area contributed by atoms with E-state index in [1.54, 1.807) is 11.3 Å². The van der Waals surface area contributed by atoms with E-state index in [0.717, 1.165) is 30.0 Å². The van der Waals surface area contributed by atoms with E-state index in [0.29, 0.717) is 6.04 Å². The van der Waals surface area contributed by atoms with Crippen molar-refractivity contribution in [3.05, 3.63) is 29.3 Å². The molecular formula is C14H20N2OS. The van der Waals surface area contributed by atoms with Crippen molar-refractivity contribution in [3.63, 3.8) is 0 Å². The molecule has 4 heteroatoms. The molecule has 98 valence electrons. The predicted molar refractivity (Wildman–Crippen MR) is 76.9 cm³/mol. The van der Waals surface area contributed by atoms with Gasteiger partial charge in [0.1, 0.15) is 5.01 Å². The Morgan fingerprint density at radius 1 is 1.33 bits per heavy atom. The van der Waals surface area contributed by atoms with Crippen LogP contribution in [0.4, 0.5) is 0 Å². The Kier molecular flexibility index (Phi) is 4.69. The first-order valence-electron chi connectivity index (χ1n) is 6.40. The Morgan fingerprint density at radius 2 is 2.11 bits per heavy atom. The summed E-state index contributed by atoms with van der Waals surface area (Å²) in [6.07, 6.45) is 0.822. The molecule has 0 bridgehead atoms. The van der Waals surface area contributed by atoms with Crippen LogP contribution in [-0.4, -0.2) is 34.2 Å². The first kappa shape index (κ1) is 13.5. The van der Waals surface area contributed by atoms with Crippen molar-refractivity contribution in [2.75, 3.05) is 13.2 Å². The quantitative estimate of drug-likeness (QED) is 0.871. The highest BCUT2D eigenvalue weighted by Crippen LogP contribution is 2.23. The van der Waals surface area contributed by atoms with Gasteiger partial charge in [-0.1, -0.05) is 12.1 Å². The molecule has 0 amide bonds. The minimum atomic E-state index is 0.253. The summed E-state index contributed by atoms with van der Waals surface area (Å²) in [5.74, 6) is 0. The fourth-order valence-corrected chi connectivity index (χ4v) is 2.95.